The van der Waals surface area contributed by atoms with Crippen molar-refractivity contribution < 1.29 is 4.42 Å². The molecule has 1 aromatic heterocycles. The third-order valence-corrected chi connectivity index (χ3v) is 4.83. The van der Waals surface area contributed by atoms with Gasteiger partial charge in [-0.15, -0.1) is 0 Å². The summed E-state index contributed by atoms with van der Waals surface area (Å²) in [5.41, 5.74) is 4.35. The smallest absolute Gasteiger partial charge is 0.200 e. The lowest BCUT2D eigenvalue weighted by Gasteiger charge is -2.16. The van der Waals surface area contributed by atoms with E-state index < -0.39 is 0 Å². The first kappa shape index (κ1) is 15.1. The molecule has 3 heteroatoms. The minimum absolute atomic E-state index is 0.00766. The van der Waals surface area contributed by atoms with Gasteiger partial charge in [-0.1, -0.05) is 66.7 Å². The lowest BCUT2D eigenvalue weighted by molar-refractivity contribution is 0.545. The molecule has 0 saturated carbocycles. The summed E-state index contributed by atoms with van der Waals surface area (Å²) in [5.74, 6) is 0.602. The van der Waals surface area contributed by atoms with E-state index in [9.17, 15) is 4.79 Å². The van der Waals surface area contributed by atoms with E-state index in [1.165, 1.54) is 5.56 Å². The van der Waals surface area contributed by atoms with Crippen molar-refractivity contribution in [3.63, 3.8) is 0 Å². The van der Waals surface area contributed by atoms with Gasteiger partial charge in [-0.2, -0.15) is 0 Å². The van der Waals surface area contributed by atoms with Crippen LogP contribution < -0.4 is 10.7 Å². The molecule has 4 aromatic rings. The second-order valence-electron chi connectivity index (χ2n) is 6.38. The Balaban J connectivity index is 1.84. The average molecular weight is 338 g/mol. The van der Waals surface area contributed by atoms with Gasteiger partial charge in [-0.05, 0) is 28.8 Å². The lowest BCUT2D eigenvalue weighted by atomic mass is 9.95. The molecule has 5 rings (SSSR count). The number of benzene rings is 3. The van der Waals surface area contributed by atoms with Crippen LogP contribution in [0.2, 0.25) is 0 Å². The van der Waals surface area contributed by atoms with Crippen molar-refractivity contribution >= 4 is 11.0 Å². The first-order valence-corrected chi connectivity index (χ1v) is 8.63. The number of hydrogen-bond donors (Lipinski definition) is 1. The molecule has 3 aromatic carbocycles. The third kappa shape index (κ3) is 2.29. The summed E-state index contributed by atoms with van der Waals surface area (Å²) < 4.78 is 6.27. The second-order valence-corrected chi connectivity index (χ2v) is 6.38. The zero-order valence-corrected chi connectivity index (χ0v) is 14.0. The minimum atomic E-state index is -0.00766. The standard InChI is InChI=1S/C23H16NO2/c25-22-18-12-6-7-13-19(18)26-23(20(22)15-8-2-1-3-9-15)21-17-11-5-4-10-16(17)14-24-21/h1-13,24H,14H2. The van der Waals surface area contributed by atoms with Crippen molar-refractivity contribution in [3.8, 4) is 11.1 Å². The molecule has 1 radical (unpaired) electrons. The van der Waals surface area contributed by atoms with E-state index in [2.05, 4.69) is 17.4 Å². The van der Waals surface area contributed by atoms with Crippen LogP contribution in [0.3, 0.4) is 0 Å². The second kappa shape index (κ2) is 5.97. The van der Waals surface area contributed by atoms with Crippen molar-refractivity contribution in [1.29, 1.82) is 0 Å². The van der Waals surface area contributed by atoms with Gasteiger partial charge in [0.1, 0.15) is 17.4 Å². The monoisotopic (exact) mass is 338 g/mol. The summed E-state index contributed by atoms with van der Waals surface area (Å²) in [6, 6.07) is 26.2. The quantitative estimate of drug-likeness (QED) is 0.585. The normalized spacial score (nSPS) is 13.8. The highest BCUT2D eigenvalue weighted by Gasteiger charge is 2.30. The highest BCUT2D eigenvalue weighted by Crippen LogP contribution is 2.35. The molecule has 0 amide bonds. The Kier molecular flexibility index (Phi) is 3.47. The third-order valence-electron chi connectivity index (χ3n) is 4.83. The van der Waals surface area contributed by atoms with Gasteiger partial charge in [0.15, 0.2) is 0 Å². The van der Waals surface area contributed by atoms with E-state index >= 15 is 0 Å². The summed E-state index contributed by atoms with van der Waals surface area (Å²) in [4.78, 5) is 13.3. The molecule has 0 atom stereocenters. The summed E-state index contributed by atoms with van der Waals surface area (Å²) in [5, 5.41) is 4.02. The van der Waals surface area contributed by atoms with Crippen LogP contribution in [0.1, 0.15) is 16.9 Å². The van der Waals surface area contributed by atoms with Gasteiger partial charge in [0, 0.05) is 6.54 Å². The average Bonchev–Trinajstić information content (AvgIpc) is 3.13. The van der Waals surface area contributed by atoms with Crippen LogP contribution in [0.15, 0.2) is 88.1 Å². The van der Waals surface area contributed by atoms with Crippen molar-refractivity contribution in [1.82, 2.24) is 5.32 Å². The topological polar surface area (TPSA) is 42.2 Å². The van der Waals surface area contributed by atoms with Crippen LogP contribution in [0.4, 0.5) is 0 Å². The molecule has 26 heavy (non-hydrogen) atoms. The van der Waals surface area contributed by atoms with Crippen LogP contribution in [-0.4, -0.2) is 0 Å². The predicted octanol–water partition coefficient (Wildman–Crippen LogP) is 4.49. The first-order chi connectivity index (χ1) is 12.8. The highest BCUT2D eigenvalue weighted by molar-refractivity contribution is 5.84. The van der Waals surface area contributed by atoms with Gasteiger partial charge in [-0.25, -0.2) is 0 Å². The van der Waals surface area contributed by atoms with E-state index in [-0.39, 0.29) is 5.43 Å². The van der Waals surface area contributed by atoms with Gasteiger partial charge < -0.3 is 4.42 Å². The number of rotatable bonds is 2. The van der Waals surface area contributed by atoms with Crippen molar-refractivity contribution in [2.24, 2.45) is 0 Å². The number of hydrogen-bond acceptors (Lipinski definition) is 3. The fraction of sp³-hybridized carbons (Fsp3) is 0.0435. The zero-order valence-electron chi connectivity index (χ0n) is 14.0. The van der Waals surface area contributed by atoms with Gasteiger partial charge in [0.05, 0.1) is 10.9 Å². The SMILES string of the molecule is O=c1c(-c2ccccc2)c([C]2NCc3ccccc32)oc2ccccc12. The van der Waals surface area contributed by atoms with E-state index in [0.29, 0.717) is 22.3 Å². The van der Waals surface area contributed by atoms with Gasteiger partial charge in [0.25, 0.3) is 0 Å². The molecule has 1 aliphatic rings. The predicted molar refractivity (Wildman–Crippen MR) is 103 cm³/mol. The lowest BCUT2D eigenvalue weighted by Crippen LogP contribution is -2.19. The molecule has 3 nitrogen and oxygen atoms in total. The van der Waals surface area contributed by atoms with Gasteiger partial charge in [0.2, 0.25) is 5.43 Å². The Hall–Kier alpha value is -3.17. The Labute approximate surface area is 150 Å². The fourth-order valence-corrected chi connectivity index (χ4v) is 3.58. The van der Waals surface area contributed by atoms with Crippen LogP contribution >= 0.6 is 0 Å². The highest BCUT2D eigenvalue weighted by atomic mass is 16.3. The van der Waals surface area contributed by atoms with E-state index in [4.69, 9.17) is 4.42 Å². The molecule has 1 N–H and O–H groups in total. The van der Waals surface area contributed by atoms with Gasteiger partial charge in [-0.3, -0.25) is 10.1 Å². The molecule has 125 valence electrons. The molecule has 0 aliphatic carbocycles. The van der Waals surface area contributed by atoms with Crippen LogP contribution in [0.25, 0.3) is 22.1 Å². The summed E-state index contributed by atoms with van der Waals surface area (Å²) in [6.07, 6.45) is 0. The largest absolute Gasteiger partial charge is 0.458 e. The molecule has 0 saturated heterocycles. The Morgan fingerprint density at radius 3 is 2.42 bits per heavy atom. The molecule has 0 fully saturated rings. The molecular formula is C23H16NO2. The Bertz CT molecular complexity index is 1160. The van der Waals surface area contributed by atoms with Crippen LogP contribution in [0, 0.1) is 6.04 Å². The van der Waals surface area contributed by atoms with E-state index in [1.807, 2.05) is 66.7 Å². The summed E-state index contributed by atoms with van der Waals surface area (Å²) in [6.45, 7) is 0.732. The molecule has 0 bridgehead atoms. The molecule has 0 unspecified atom stereocenters. The zero-order chi connectivity index (χ0) is 17.5. The molecule has 1 aliphatic heterocycles. The van der Waals surface area contributed by atoms with Crippen molar-refractivity contribution in [2.75, 3.05) is 0 Å². The summed E-state index contributed by atoms with van der Waals surface area (Å²) >= 11 is 0. The maximum Gasteiger partial charge on any atom is 0.200 e. The van der Waals surface area contributed by atoms with E-state index in [1.54, 1.807) is 0 Å². The Morgan fingerprint density at radius 2 is 1.54 bits per heavy atom. The van der Waals surface area contributed by atoms with Crippen molar-refractivity contribution in [2.45, 2.75) is 6.54 Å². The summed E-state index contributed by atoms with van der Waals surface area (Å²) in [7, 11) is 0. The molecule has 2 heterocycles. The maximum absolute atomic E-state index is 13.3. The molecule has 0 spiro atoms. The van der Waals surface area contributed by atoms with Crippen LogP contribution in [-0.2, 0) is 6.54 Å². The number of nitrogens with one attached hydrogen (secondary N) is 1. The maximum atomic E-state index is 13.3. The van der Waals surface area contributed by atoms with Gasteiger partial charge >= 0.3 is 0 Å². The van der Waals surface area contributed by atoms with Crippen molar-refractivity contribution in [3.05, 3.63) is 112 Å². The Morgan fingerprint density at radius 1 is 0.808 bits per heavy atom. The van der Waals surface area contributed by atoms with Crippen LogP contribution in [0.5, 0.6) is 0 Å². The number of para-hydroxylation sites is 1. The number of fused-ring (bicyclic) bond motifs is 2. The van der Waals surface area contributed by atoms with E-state index in [0.717, 1.165) is 23.7 Å². The molecular weight excluding hydrogens is 322 g/mol. The minimum Gasteiger partial charge on any atom is -0.458 e. The first-order valence-electron chi connectivity index (χ1n) is 8.63. The fourth-order valence-electron chi connectivity index (χ4n) is 3.58.